The molecule has 1 aliphatic heterocycles. The third kappa shape index (κ3) is 3.79. The predicted octanol–water partition coefficient (Wildman–Crippen LogP) is 4.11. The molecule has 3 heterocycles. The summed E-state index contributed by atoms with van der Waals surface area (Å²) in [6.07, 6.45) is 1.89. The van der Waals surface area contributed by atoms with Gasteiger partial charge in [0.1, 0.15) is 17.5 Å². The summed E-state index contributed by atoms with van der Waals surface area (Å²) in [5.41, 5.74) is 3.75. The average Bonchev–Trinajstić information content (AvgIpc) is 3.37. The molecule has 1 amide bonds. The molecule has 1 N–H and O–H groups in total. The van der Waals surface area contributed by atoms with Crippen LogP contribution in [0.4, 0.5) is 10.1 Å². The molecule has 0 spiro atoms. The van der Waals surface area contributed by atoms with E-state index in [0.717, 1.165) is 48.0 Å². The topological polar surface area (TPSA) is 77.6 Å². The van der Waals surface area contributed by atoms with Crippen LogP contribution in [0.15, 0.2) is 54.6 Å². The van der Waals surface area contributed by atoms with Gasteiger partial charge in [-0.1, -0.05) is 12.1 Å². The minimum atomic E-state index is -0.303. The van der Waals surface area contributed by atoms with Crippen molar-refractivity contribution < 1.29 is 9.18 Å². The van der Waals surface area contributed by atoms with Gasteiger partial charge in [0.05, 0.1) is 5.69 Å². The molecule has 162 valence electrons. The van der Waals surface area contributed by atoms with Gasteiger partial charge in [-0.05, 0) is 66.9 Å². The van der Waals surface area contributed by atoms with Gasteiger partial charge < -0.3 is 9.88 Å². The lowest BCUT2D eigenvalue weighted by molar-refractivity contribution is 0.102. The summed E-state index contributed by atoms with van der Waals surface area (Å²) in [7, 11) is 1.76. The zero-order valence-electron chi connectivity index (χ0n) is 17.9. The highest BCUT2D eigenvalue weighted by atomic mass is 19.1. The Hall–Kier alpha value is -3.81. The second-order valence-corrected chi connectivity index (χ2v) is 8.13. The molecule has 0 saturated heterocycles. The van der Waals surface area contributed by atoms with Crippen molar-refractivity contribution in [3.8, 4) is 11.3 Å². The number of aryl methyl sites for hydroxylation is 3. The third-order valence-corrected chi connectivity index (χ3v) is 6.00. The first-order chi connectivity index (χ1) is 15.5. The van der Waals surface area contributed by atoms with Crippen LogP contribution >= 0.6 is 0 Å². The molecule has 2 aromatic heterocycles. The van der Waals surface area contributed by atoms with E-state index >= 15 is 0 Å². The van der Waals surface area contributed by atoms with Gasteiger partial charge in [0, 0.05) is 31.6 Å². The molecule has 0 radical (unpaired) electrons. The average molecular weight is 430 g/mol. The summed E-state index contributed by atoms with van der Waals surface area (Å²) in [5, 5.41) is 15.7. The fourth-order valence-corrected chi connectivity index (χ4v) is 4.27. The van der Waals surface area contributed by atoms with E-state index in [1.807, 2.05) is 25.1 Å². The SMILES string of the molecule is Cc1nnc2n1CC(c1cccc(NC(=O)c3cc(-c4ccc(F)cc4)n(C)n3)c1)CC2. The van der Waals surface area contributed by atoms with E-state index in [1.54, 1.807) is 29.9 Å². The molecule has 8 heteroatoms. The van der Waals surface area contributed by atoms with Crippen LogP contribution in [0.1, 0.15) is 40.0 Å². The van der Waals surface area contributed by atoms with Crippen molar-refractivity contribution in [3.63, 3.8) is 0 Å². The van der Waals surface area contributed by atoms with Gasteiger partial charge in [-0.3, -0.25) is 9.48 Å². The highest BCUT2D eigenvalue weighted by Gasteiger charge is 2.23. The summed E-state index contributed by atoms with van der Waals surface area (Å²) >= 11 is 0. The molecule has 1 unspecified atom stereocenters. The number of nitrogens with zero attached hydrogens (tertiary/aromatic N) is 5. The van der Waals surface area contributed by atoms with Crippen molar-refractivity contribution in [3.05, 3.63) is 83.3 Å². The monoisotopic (exact) mass is 430 g/mol. The molecule has 5 rings (SSSR count). The van der Waals surface area contributed by atoms with Gasteiger partial charge >= 0.3 is 0 Å². The van der Waals surface area contributed by atoms with Crippen molar-refractivity contribution >= 4 is 11.6 Å². The van der Waals surface area contributed by atoms with E-state index in [9.17, 15) is 9.18 Å². The summed E-state index contributed by atoms with van der Waals surface area (Å²) in [6, 6.07) is 15.8. The molecule has 4 aromatic rings. The van der Waals surface area contributed by atoms with Crippen molar-refractivity contribution in [1.29, 1.82) is 0 Å². The highest BCUT2D eigenvalue weighted by molar-refractivity contribution is 6.03. The second kappa shape index (κ2) is 8.03. The van der Waals surface area contributed by atoms with Crippen LogP contribution < -0.4 is 5.32 Å². The molecule has 0 bridgehead atoms. The van der Waals surface area contributed by atoms with E-state index in [0.29, 0.717) is 11.6 Å². The lowest BCUT2D eigenvalue weighted by Crippen LogP contribution is -2.20. The fraction of sp³-hybridized carbons (Fsp3) is 0.250. The Kier molecular flexibility index (Phi) is 5.05. The molecule has 7 nitrogen and oxygen atoms in total. The number of nitrogens with one attached hydrogen (secondary N) is 1. The zero-order valence-corrected chi connectivity index (χ0v) is 17.9. The van der Waals surface area contributed by atoms with Crippen molar-refractivity contribution in [2.24, 2.45) is 7.05 Å². The zero-order chi connectivity index (χ0) is 22.2. The summed E-state index contributed by atoms with van der Waals surface area (Å²) < 4.78 is 17.0. The number of anilines is 1. The molecule has 0 fully saturated rings. The number of carbonyl (C=O) groups excluding carboxylic acids is 1. The Morgan fingerprint density at radius 1 is 1.12 bits per heavy atom. The van der Waals surface area contributed by atoms with Crippen LogP contribution in [0.3, 0.4) is 0 Å². The van der Waals surface area contributed by atoms with Gasteiger partial charge in [-0.2, -0.15) is 5.10 Å². The van der Waals surface area contributed by atoms with Gasteiger partial charge in [0.25, 0.3) is 5.91 Å². The first kappa shape index (κ1) is 20.1. The molecule has 1 aliphatic rings. The normalized spacial score (nSPS) is 15.4. The smallest absolute Gasteiger partial charge is 0.276 e. The lowest BCUT2D eigenvalue weighted by Gasteiger charge is -2.24. The molecule has 0 saturated carbocycles. The van der Waals surface area contributed by atoms with E-state index in [2.05, 4.69) is 31.2 Å². The largest absolute Gasteiger partial charge is 0.321 e. The van der Waals surface area contributed by atoms with Crippen LogP contribution in [0.2, 0.25) is 0 Å². The minimum Gasteiger partial charge on any atom is -0.321 e. The maximum atomic E-state index is 13.2. The number of rotatable bonds is 4. The Bertz CT molecular complexity index is 1290. The maximum Gasteiger partial charge on any atom is 0.276 e. The van der Waals surface area contributed by atoms with Crippen molar-refractivity contribution in [2.75, 3.05) is 5.32 Å². The Balaban J connectivity index is 1.33. The quantitative estimate of drug-likeness (QED) is 0.529. The number of fused-ring (bicyclic) bond motifs is 1. The number of benzene rings is 2. The molecule has 0 aliphatic carbocycles. The number of amides is 1. The number of hydrogen-bond acceptors (Lipinski definition) is 4. The van der Waals surface area contributed by atoms with Crippen LogP contribution in [0, 0.1) is 12.7 Å². The Morgan fingerprint density at radius 3 is 2.75 bits per heavy atom. The number of hydrogen-bond donors (Lipinski definition) is 1. The predicted molar refractivity (Wildman–Crippen MR) is 119 cm³/mol. The van der Waals surface area contributed by atoms with Gasteiger partial charge in [0.2, 0.25) is 0 Å². The molecular weight excluding hydrogens is 407 g/mol. The molecule has 32 heavy (non-hydrogen) atoms. The van der Waals surface area contributed by atoms with Crippen molar-refractivity contribution in [2.45, 2.75) is 32.2 Å². The van der Waals surface area contributed by atoms with E-state index in [1.165, 1.54) is 17.7 Å². The number of aromatic nitrogens is 5. The first-order valence-electron chi connectivity index (χ1n) is 10.6. The standard InChI is InChI=1S/C24H23FN6O/c1-15-27-28-23-11-8-18(14-31(15)23)17-4-3-5-20(12-17)26-24(32)21-13-22(30(2)29-21)16-6-9-19(25)10-7-16/h3-7,9-10,12-13,18H,8,11,14H2,1-2H3,(H,26,32). The maximum absolute atomic E-state index is 13.2. The Morgan fingerprint density at radius 2 is 1.94 bits per heavy atom. The van der Waals surface area contributed by atoms with Crippen LogP contribution in [0.5, 0.6) is 0 Å². The molecule has 2 aromatic carbocycles. The van der Waals surface area contributed by atoms with Crippen LogP contribution in [-0.2, 0) is 20.0 Å². The lowest BCUT2D eigenvalue weighted by atomic mass is 9.91. The highest BCUT2D eigenvalue weighted by Crippen LogP contribution is 2.30. The van der Waals surface area contributed by atoms with Gasteiger partial charge in [-0.25, -0.2) is 4.39 Å². The Labute approximate surface area is 184 Å². The molecule has 1 atom stereocenters. The summed E-state index contributed by atoms with van der Waals surface area (Å²) in [5.74, 6) is 1.72. The van der Waals surface area contributed by atoms with Crippen LogP contribution in [-0.4, -0.2) is 30.5 Å². The van der Waals surface area contributed by atoms with Gasteiger partial charge in [0.15, 0.2) is 5.69 Å². The fourth-order valence-electron chi connectivity index (χ4n) is 4.27. The van der Waals surface area contributed by atoms with E-state index in [-0.39, 0.29) is 11.7 Å². The third-order valence-electron chi connectivity index (χ3n) is 6.00. The first-order valence-corrected chi connectivity index (χ1v) is 10.6. The summed E-state index contributed by atoms with van der Waals surface area (Å²) in [4.78, 5) is 12.9. The second-order valence-electron chi connectivity index (χ2n) is 8.13. The van der Waals surface area contributed by atoms with Crippen molar-refractivity contribution in [1.82, 2.24) is 24.5 Å². The number of carbonyl (C=O) groups is 1. The minimum absolute atomic E-state index is 0.285. The van der Waals surface area contributed by atoms with E-state index in [4.69, 9.17) is 0 Å². The number of halogens is 1. The summed E-state index contributed by atoms with van der Waals surface area (Å²) in [6.45, 7) is 2.81. The van der Waals surface area contributed by atoms with Gasteiger partial charge in [-0.15, -0.1) is 10.2 Å². The van der Waals surface area contributed by atoms with E-state index < -0.39 is 0 Å². The molecular formula is C24H23FN6O. The van der Waals surface area contributed by atoms with Crippen LogP contribution in [0.25, 0.3) is 11.3 Å².